The highest BCUT2D eigenvalue weighted by Crippen LogP contribution is 2.34. The molecule has 0 saturated carbocycles. The summed E-state index contributed by atoms with van der Waals surface area (Å²) in [5, 5.41) is 3.12. The van der Waals surface area contributed by atoms with Gasteiger partial charge in [0.2, 0.25) is 0 Å². The zero-order valence-electron chi connectivity index (χ0n) is 15.8. The number of thiazole rings is 1. The molecule has 1 saturated heterocycles. The van der Waals surface area contributed by atoms with Crippen LogP contribution in [0.2, 0.25) is 0 Å². The molecule has 1 aromatic heterocycles. The van der Waals surface area contributed by atoms with Crippen LogP contribution >= 0.6 is 11.3 Å². The molecule has 1 fully saturated rings. The number of amides is 2. The Morgan fingerprint density at radius 2 is 2.10 bits per heavy atom. The number of nitrogens with two attached hydrogens (primary N) is 1. The maximum atomic E-state index is 13.0. The number of ether oxygens (including phenoxy) is 1. The topological polar surface area (TPSA) is 97.6 Å². The number of nitrogens with one attached hydrogen (secondary N) is 1. The fraction of sp³-hybridized carbons (Fsp3) is 0.500. The zero-order chi connectivity index (χ0) is 21.3. The molecule has 3 N–H and O–H groups in total. The second-order valence-electron chi connectivity index (χ2n) is 7.10. The Labute approximate surface area is 169 Å². The van der Waals surface area contributed by atoms with Crippen molar-refractivity contribution < 1.29 is 27.5 Å². The van der Waals surface area contributed by atoms with Crippen LogP contribution < -0.4 is 20.7 Å². The van der Waals surface area contributed by atoms with E-state index >= 15 is 0 Å². The fourth-order valence-corrected chi connectivity index (χ4v) is 3.97. The normalized spacial score (nSPS) is 18.2. The summed E-state index contributed by atoms with van der Waals surface area (Å²) in [4.78, 5) is 31.2. The van der Waals surface area contributed by atoms with Crippen molar-refractivity contribution in [3.63, 3.8) is 0 Å². The minimum absolute atomic E-state index is 0.0731. The standard InChI is InChI=1S/C18H21F3N4O3S/c1-9(2)14(22)16(27)25(15(26)12-4-3-7-23-12)17-24-11-6-5-10(8-13(11)29-17)28-18(19,20)21/h5-6,8-9,12,14,23H,3-4,7,22H2,1-2H3/t12-,14+/m1/s1. The molecule has 1 aromatic carbocycles. The summed E-state index contributed by atoms with van der Waals surface area (Å²) in [5.41, 5.74) is 6.34. The van der Waals surface area contributed by atoms with Gasteiger partial charge >= 0.3 is 6.36 Å². The van der Waals surface area contributed by atoms with Crippen LogP contribution in [0.3, 0.4) is 0 Å². The number of rotatable bonds is 5. The van der Waals surface area contributed by atoms with Crippen LogP contribution in [0.4, 0.5) is 18.3 Å². The van der Waals surface area contributed by atoms with Gasteiger partial charge in [0.15, 0.2) is 5.13 Å². The highest BCUT2D eigenvalue weighted by Gasteiger charge is 2.37. The molecule has 1 aliphatic heterocycles. The lowest BCUT2D eigenvalue weighted by Gasteiger charge is -2.25. The monoisotopic (exact) mass is 430 g/mol. The summed E-state index contributed by atoms with van der Waals surface area (Å²) in [6.07, 6.45) is -3.45. The number of hydrogen-bond acceptors (Lipinski definition) is 7. The van der Waals surface area contributed by atoms with Crippen LogP contribution in [0, 0.1) is 5.92 Å². The third-order valence-corrected chi connectivity index (χ3v) is 5.58. The summed E-state index contributed by atoms with van der Waals surface area (Å²) < 4.78 is 41.7. The van der Waals surface area contributed by atoms with Crippen molar-refractivity contribution in [1.29, 1.82) is 0 Å². The van der Waals surface area contributed by atoms with Crippen molar-refractivity contribution in [3.8, 4) is 5.75 Å². The van der Waals surface area contributed by atoms with E-state index in [0.29, 0.717) is 23.2 Å². The van der Waals surface area contributed by atoms with E-state index < -0.39 is 36.0 Å². The number of fused-ring (bicyclic) bond motifs is 1. The van der Waals surface area contributed by atoms with Gasteiger partial charge in [-0.15, -0.1) is 13.2 Å². The van der Waals surface area contributed by atoms with Crippen LogP contribution in [0.25, 0.3) is 10.2 Å². The molecule has 2 amide bonds. The maximum absolute atomic E-state index is 13.0. The number of nitrogens with zero attached hydrogens (tertiary/aromatic N) is 2. The molecule has 2 aromatic rings. The molecule has 2 heterocycles. The lowest BCUT2D eigenvalue weighted by Crippen LogP contribution is -2.53. The SMILES string of the molecule is CC(C)[C@H](N)C(=O)N(C(=O)[C@H]1CCCN1)c1nc2ccc(OC(F)(F)F)cc2s1. The van der Waals surface area contributed by atoms with E-state index in [1.807, 2.05) is 0 Å². The molecular weight excluding hydrogens is 409 g/mol. The quantitative estimate of drug-likeness (QED) is 0.757. The predicted octanol–water partition coefficient (Wildman–Crippen LogP) is 2.79. The molecule has 3 rings (SSSR count). The minimum atomic E-state index is -4.82. The second kappa shape index (κ2) is 8.25. The Morgan fingerprint density at radius 1 is 1.38 bits per heavy atom. The maximum Gasteiger partial charge on any atom is 0.573 e. The Hall–Kier alpha value is -2.24. The lowest BCUT2D eigenvalue weighted by atomic mass is 10.0. The van der Waals surface area contributed by atoms with E-state index in [2.05, 4.69) is 15.0 Å². The lowest BCUT2D eigenvalue weighted by molar-refractivity contribution is -0.274. The number of carbonyl (C=O) groups is 2. The van der Waals surface area contributed by atoms with Gasteiger partial charge in [-0.3, -0.25) is 9.59 Å². The Bertz CT molecular complexity index is 895. The molecule has 0 radical (unpaired) electrons. The van der Waals surface area contributed by atoms with Crippen molar-refractivity contribution >= 4 is 38.5 Å². The van der Waals surface area contributed by atoms with Gasteiger partial charge in [-0.25, -0.2) is 9.88 Å². The molecule has 29 heavy (non-hydrogen) atoms. The van der Waals surface area contributed by atoms with Crippen molar-refractivity contribution in [2.45, 2.75) is 45.1 Å². The van der Waals surface area contributed by atoms with Gasteiger partial charge in [-0.05, 0) is 37.4 Å². The highest BCUT2D eigenvalue weighted by molar-refractivity contribution is 7.22. The number of carbonyl (C=O) groups excluding carboxylic acids is 2. The number of alkyl halides is 3. The minimum Gasteiger partial charge on any atom is -0.406 e. The predicted molar refractivity (Wildman–Crippen MR) is 103 cm³/mol. The largest absolute Gasteiger partial charge is 0.573 e. The summed E-state index contributed by atoms with van der Waals surface area (Å²) in [6, 6.07) is 2.20. The first-order valence-electron chi connectivity index (χ1n) is 9.10. The number of anilines is 1. The van der Waals surface area contributed by atoms with E-state index in [1.54, 1.807) is 13.8 Å². The molecule has 0 unspecified atom stereocenters. The number of imide groups is 1. The summed E-state index contributed by atoms with van der Waals surface area (Å²) in [6.45, 7) is 4.18. The number of benzene rings is 1. The number of aromatic nitrogens is 1. The second-order valence-corrected chi connectivity index (χ2v) is 8.11. The number of halogens is 3. The summed E-state index contributed by atoms with van der Waals surface area (Å²) in [7, 11) is 0. The van der Waals surface area contributed by atoms with Crippen molar-refractivity contribution in [2.75, 3.05) is 11.4 Å². The van der Waals surface area contributed by atoms with Crippen LogP contribution in [0.15, 0.2) is 18.2 Å². The van der Waals surface area contributed by atoms with Gasteiger partial charge in [0.1, 0.15) is 5.75 Å². The van der Waals surface area contributed by atoms with Gasteiger partial charge in [0.05, 0.1) is 22.3 Å². The molecule has 11 heteroatoms. The summed E-state index contributed by atoms with van der Waals surface area (Å²) in [5.74, 6) is -1.67. The Balaban J connectivity index is 1.98. The van der Waals surface area contributed by atoms with Gasteiger partial charge in [-0.2, -0.15) is 0 Å². The number of hydrogen-bond donors (Lipinski definition) is 2. The van der Waals surface area contributed by atoms with Crippen molar-refractivity contribution in [3.05, 3.63) is 18.2 Å². The van der Waals surface area contributed by atoms with Crippen LogP contribution in [0.1, 0.15) is 26.7 Å². The molecule has 0 spiro atoms. The Morgan fingerprint density at radius 3 is 2.69 bits per heavy atom. The third-order valence-electron chi connectivity index (χ3n) is 4.58. The average molecular weight is 430 g/mol. The molecule has 0 bridgehead atoms. The van der Waals surface area contributed by atoms with Crippen LogP contribution in [-0.4, -0.2) is 41.8 Å². The Kier molecular flexibility index (Phi) is 6.11. The van der Waals surface area contributed by atoms with Gasteiger partial charge < -0.3 is 15.8 Å². The molecular formula is C18H21F3N4O3S. The molecule has 7 nitrogen and oxygen atoms in total. The molecule has 158 valence electrons. The first-order chi connectivity index (χ1) is 13.6. The third kappa shape index (κ3) is 4.85. The van der Waals surface area contributed by atoms with E-state index in [1.165, 1.54) is 12.1 Å². The fourth-order valence-electron chi connectivity index (χ4n) is 2.97. The van der Waals surface area contributed by atoms with Crippen LogP contribution in [-0.2, 0) is 9.59 Å². The zero-order valence-corrected chi connectivity index (χ0v) is 16.6. The van der Waals surface area contributed by atoms with Gasteiger partial charge in [0.25, 0.3) is 11.8 Å². The molecule has 0 aliphatic carbocycles. The first-order valence-corrected chi connectivity index (χ1v) is 9.91. The molecule has 1 aliphatic rings. The van der Waals surface area contributed by atoms with E-state index in [-0.39, 0.29) is 11.0 Å². The van der Waals surface area contributed by atoms with Crippen molar-refractivity contribution in [1.82, 2.24) is 10.3 Å². The van der Waals surface area contributed by atoms with Crippen LogP contribution in [0.5, 0.6) is 5.75 Å². The first kappa shape index (κ1) is 21.5. The summed E-state index contributed by atoms with van der Waals surface area (Å²) >= 11 is 0.933. The van der Waals surface area contributed by atoms with Gasteiger partial charge in [-0.1, -0.05) is 25.2 Å². The van der Waals surface area contributed by atoms with E-state index in [0.717, 1.165) is 28.7 Å². The van der Waals surface area contributed by atoms with Crippen molar-refractivity contribution in [2.24, 2.45) is 11.7 Å². The van der Waals surface area contributed by atoms with E-state index in [4.69, 9.17) is 5.73 Å². The van der Waals surface area contributed by atoms with E-state index in [9.17, 15) is 22.8 Å². The smallest absolute Gasteiger partial charge is 0.406 e. The average Bonchev–Trinajstić information content (AvgIpc) is 3.28. The highest BCUT2D eigenvalue weighted by atomic mass is 32.1. The molecule has 2 atom stereocenters. The van der Waals surface area contributed by atoms with Gasteiger partial charge in [0, 0.05) is 6.07 Å².